The number of quaternary nitrogens is 4. The molecule has 0 radical (unpaired) electrons. The molecule has 208 valence electrons. The van der Waals surface area contributed by atoms with Gasteiger partial charge in [-0.15, -0.1) is 0 Å². The first kappa shape index (κ1) is 28.9. The maximum atomic E-state index is 2.37. The van der Waals surface area contributed by atoms with Gasteiger partial charge in [0.25, 0.3) is 0 Å². The highest BCUT2D eigenvalue weighted by Crippen LogP contribution is 2.12. The smallest absolute Gasteiger partial charge is 0.461 e. The van der Waals surface area contributed by atoms with Crippen LogP contribution in [0.4, 0.5) is 0 Å². The lowest BCUT2D eigenvalue weighted by atomic mass is 9.37. The molecule has 4 aliphatic heterocycles. The largest absolute Gasteiger partial charge is 1.00 e. The van der Waals surface area contributed by atoms with Gasteiger partial charge in [-0.25, -0.2) is 0 Å². The standard InChI is InChI=1S/2C16H20BN2.2ClH/c2*1-18-11-13-7-3-5-9-15(13)17(18)16-10-6-4-8-14(16)12-19(17)2;;/h2*3-10,18-19H,11-12H2,1-2H3;2*1H/q2*+1;;/p-2. The van der Waals surface area contributed by atoms with Crippen LogP contribution < -0.4 is 65.9 Å². The Morgan fingerprint density at radius 1 is 0.375 bits per heavy atom. The van der Waals surface area contributed by atoms with Gasteiger partial charge in [0.15, 0.2) is 0 Å². The van der Waals surface area contributed by atoms with Crippen molar-refractivity contribution in [3.63, 3.8) is 0 Å². The van der Waals surface area contributed by atoms with E-state index in [1.165, 1.54) is 22.3 Å². The van der Waals surface area contributed by atoms with Crippen molar-refractivity contribution in [2.45, 2.75) is 26.2 Å². The minimum Gasteiger partial charge on any atom is -1.00 e. The van der Waals surface area contributed by atoms with E-state index in [9.17, 15) is 0 Å². The van der Waals surface area contributed by atoms with E-state index in [4.69, 9.17) is 0 Å². The summed E-state index contributed by atoms with van der Waals surface area (Å²) in [4.78, 5) is 6.62. The topological polar surface area (TPSA) is 17.8 Å². The molecule has 4 aromatic carbocycles. The molecule has 4 heterocycles. The van der Waals surface area contributed by atoms with Crippen molar-refractivity contribution in [2.24, 2.45) is 0 Å². The summed E-state index contributed by atoms with van der Waals surface area (Å²) in [5.41, 5.74) is 12.5. The zero-order valence-corrected chi connectivity index (χ0v) is 25.5. The molecule has 8 heteroatoms. The molecule has 4 aromatic rings. The molecule has 0 aromatic heterocycles. The summed E-state index contributed by atoms with van der Waals surface area (Å²) in [7, 11) is 9.47. The summed E-state index contributed by atoms with van der Waals surface area (Å²) in [6.07, 6.45) is -1.40. The van der Waals surface area contributed by atoms with E-state index in [1.54, 1.807) is 41.1 Å². The molecule has 0 amide bonds. The van der Waals surface area contributed by atoms with Crippen molar-refractivity contribution in [1.29, 1.82) is 0 Å². The molecular formula is C32H40B2Cl2N4. The van der Waals surface area contributed by atoms with Crippen molar-refractivity contribution in [1.82, 2.24) is 0 Å². The van der Waals surface area contributed by atoms with Crippen LogP contribution in [-0.2, 0) is 26.2 Å². The summed E-state index contributed by atoms with van der Waals surface area (Å²) in [5.74, 6) is 0. The third kappa shape index (κ3) is 3.78. The Hall–Kier alpha value is -2.57. The molecular weight excluding hydrogens is 533 g/mol. The third-order valence-corrected chi connectivity index (χ3v) is 10.9. The maximum Gasteiger partial charge on any atom is 0.461 e. The molecule has 2 spiro atoms. The van der Waals surface area contributed by atoms with Crippen molar-refractivity contribution < 1.29 is 44.1 Å². The highest BCUT2D eigenvalue weighted by molar-refractivity contribution is 6.91. The highest BCUT2D eigenvalue weighted by Gasteiger charge is 2.59. The molecule has 0 bridgehead atoms. The van der Waals surface area contributed by atoms with Gasteiger partial charge in [0.2, 0.25) is 0 Å². The Bertz CT molecular complexity index is 1320. The van der Waals surface area contributed by atoms with E-state index in [1.807, 2.05) is 0 Å². The average molecular weight is 573 g/mol. The van der Waals surface area contributed by atoms with Gasteiger partial charge in [0.1, 0.15) is 0 Å². The van der Waals surface area contributed by atoms with E-state index in [2.05, 4.69) is 125 Å². The molecule has 8 rings (SSSR count). The lowest BCUT2D eigenvalue weighted by molar-refractivity contribution is -0.903. The van der Waals surface area contributed by atoms with Crippen LogP contribution >= 0.6 is 0 Å². The molecule has 4 atom stereocenters. The van der Waals surface area contributed by atoms with Crippen molar-refractivity contribution in [3.05, 3.63) is 119 Å². The van der Waals surface area contributed by atoms with Crippen LogP contribution in [0.2, 0.25) is 0 Å². The third-order valence-electron chi connectivity index (χ3n) is 10.9. The summed E-state index contributed by atoms with van der Waals surface area (Å²) >= 11 is 0. The Labute approximate surface area is 251 Å². The van der Waals surface area contributed by atoms with Crippen LogP contribution in [0, 0.1) is 0 Å². The van der Waals surface area contributed by atoms with Crippen LogP contribution in [0.25, 0.3) is 0 Å². The van der Waals surface area contributed by atoms with Gasteiger partial charge in [-0.2, -0.15) is 0 Å². The Morgan fingerprint density at radius 2 is 0.575 bits per heavy atom. The number of halogens is 2. The number of rotatable bonds is 0. The predicted octanol–water partition coefficient (Wildman–Crippen LogP) is -9.39. The Balaban J connectivity index is 0.000000154. The van der Waals surface area contributed by atoms with E-state index in [0.29, 0.717) is 0 Å². The van der Waals surface area contributed by atoms with Gasteiger partial charge in [-0.1, -0.05) is 119 Å². The molecule has 4 aliphatic rings. The first-order chi connectivity index (χ1) is 18.5. The van der Waals surface area contributed by atoms with Crippen LogP contribution in [0.15, 0.2) is 97.1 Å². The Kier molecular flexibility index (Phi) is 7.73. The van der Waals surface area contributed by atoms with Crippen LogP contribution in [-0.4, -0.2) is 41.0 Å². The molecule has 0 fully saturated rings. The van der Waals surface area contributed by atoms with Crippen molar-refractivity contribution in [3.8, 4) is 0 Å². The minimum absolute atomic E-state index is 0. The SMILES string of the molecule is C[NH+]1Cc2ccccc2[B-]12c1ccccc1C[NH+]2C.C[NH+]1Cc2ccccc2[B-]12c1ccccc1C[NH+]2C.[Cl-].[Cl-]. The second-order valence-electron chi connectivity index (χ2n) is 12.6. The zero-order chi connectivity index (χ0) is 26.1. The van der Waals surface area contributed by atoms with Gasteiger partial charge in [0, 0.05) is 28.2 Å². The molecule has 4 N–H and O–H groups in total. The van der Waals surface area contributed by atoms with E-state index < -0.39 is 12.8 Å². The zero-order valence-electron chi connectivity index (χ0n) is 24.0. The molecule has 0 aliphatic carbocycles. The van der Waals surface area contributed by atoms with E-state index in [0.717, 1.165) is 26.2 Å². The van der Waals surface area contributed by atoms with Crippen LogP contribution in [0.1, 0.15) is 22.3 Å². The fraction of sp³-hybridized carbons (Fsp3) is 0.250. The first-order valence-electron chi connectivity index (χ1n) is 14.4. The lowest BCUT2D eigenvalue weighted by Crippen LogP contribution is -3.43. The predicted molar refractivity (Wildman–Crippen MR) is 158 cm³/mol. The quantitative estimate of drug-likeness (QED) is 0.150. The molecule has 0 saturated carbocycles. The van der Waals surface area contributed by atoms with Gasteiger partial charge in [-0.05, 0) is 22.3 Å². The maximum absolute atomic E-state index is 2.37. The summed E-state index contributed by atoms with van der Waals surface area (Å²) < 4.78 is 0. The number of hydrogen-bond donors (Lipinski definition) is 4. The second kappa shape index (κ2) is 10.7. The normalized spacial score (nSPS) is 29.9. The Morgan fingerprint density at radius 3 is 0.800 bits per heavy atom. The summed E-state index contributed by atoms with van der Waals surface area (Å²) in [5, 5.41) is 0. The van der Waals surface area contributed by atoms with Crippen molar-refractivity contribution >= 4 is 34.7 Å². The van der Waals surface area contributed by atoms with E-state index in [-0.39, 0.29) is 24.8 Å². The van der Waals surface area contributed by atoms with Gasteiger partial charge in [0.05, 0.1) is 26.2 Å². The lowest BCUT2D eigenvalue weighted by Gasteiger charge is -2.38. The summed E-state index contributed by atoms with van der Waals surface area (Å²) in [6, 6.07) is 36.2. The fourth-order valence-electron chi connectivity index (χ4n) is 9.58. The van der Waals surface area contributed by atoms with Crippen molar-refractivity contribution in [2.75, 3.05) is 28.2 Å². The molecule has 0 saturated heterocycles. The average Bonchev–Trinajstić information content (AvgIpc) is 3.61. The minimum atomic E-state index is -0.700. The number of hydrogen-bond acceptors (Lipinski definition) is 0. The van der Waals surface area contributed by atoms with Gasteiger partial charge < -0.3 is 44.1 Å². The highest BCUT2D eigenvalue weighted by atomic mass is 35.5. The first-order valence-corrected chi connectivity index (χ1v) is 14.4. The monoisotopic (exact) mass is 572 g/mol. The van der Waals surface area contributed by atoms with Gasteiger partial charge in [-0.3, -0.25) is 0 Å². The van der Waals surface area contributed by atoms with Crippen LogP contribution in [0.5, 0.6) is 0 Å². The molecule has 40 heavy (non-hydrogen) atoms. The number of fused-ring (bicyclic) bond motifs is 8. The number of nitrogens with one attached hydrogen (secondary N) is 4. The molecule has 4 unspecified atom stereocenters. The molecule has 4 nitrogen and oxygen atoms in total. The summed E-state index contributed by atoms with van der Waals surface area (Å²) in [6.45, 7) is 4.62. The number of benzene rings is 4. The van der Waals surface area contributed by atoms with Crippen LogP contribution in [0.3, 0.4) is 0 Å². The van der Waals surface area contributed by atoms with Gasteiger partial charge >= 0.3 is 12.8 Å². The fourth-order valence-corrected chi connectivity index (χ4v) is 9.58. The second-order valence-corrected chi connectivity index (χ2v) is 12.6. The van der Waals surface area contributed by atoms with E-state index >= 15 is 0 Å².